The summed E-state index contributed by atoms with van der Waals surface area (Å²) in [5, 5.41) is 10.8. The van der Waals surface area contributed by atoms with Crippen LogP contribution in [0, 0.1) is 11.3 Å². The smallest absolute Gasteiger partial charge is 0.336 e. The van der Waals surface area contributed by atoms with E-state index in [2.05, 4.69) is 20.1 Å². The highest BCUT2D eigenvalue weighted by Gasteiger charge is 2.50. The van der Waals surface area contributed by atoms with Gasteiger partial charge in [-0.2, -0.15) is 0 Å². The van der Waals surface area contributed by atoms with Crippen LogP contribution < -0.4 is 0 Å². The highest BCUT2D eigenvalue weighted by atomic mass is 16.5. The quantitative estimate of drug-likeness (QED) is 0.474. The molecular formula is C16H24O3. The van der Waals surface area contributed by atoms with Gasteiger partial charge in [0.05, 0.1) is 18.3 Å². The normalized spacial score (nSPS) is 38.5. The van der Waals surface area contributed by atoms with E-state index in [4.69, 9.17) is 4.74 Å². The third-order valence-corrected chi connectivity index (χ3v) is 5.22. The third-order valence-electron chi connectivity index (χ3n) is 5.22. The van der Waals surface area contributed by atoms with Gasteiger partial charge in [-0.1, -0.05) is 25.7 Å². The first-order valence-corrected chi connectivity index (χ1v) is 7.00. The lowest BCUT2D eigenvalue weighted by molar-refractivity contribution is -0.140. The Balaban J connectivity index is 2.22. The molecule has 3 atom stereocenters. The highest BCUT2D eigenvalue weighted by Crippen LogP contribution is 2.55. The van der Waals surface area contributed by atoms with Gasteiger partial charge in [0.1, 0.15) is 0 Å². The first-order chi connectivity index (χ1) is 8.82. The van der Waals surface area contributed by atoms with Crippen molar-refractivity contribution in [2.45, 2.75) is 51.0 Å². The molecule has 0 unspecified atom stereocenters. The fraction of sp³-hybridized carbons (Fsp3) is 0.688. The van der Waals surface area contributed by atoms with Crippen molar-refractivity contribution in [2.75, 3.05) is 7.11 Å². The Bertz CT molecular complexity index is 426. The maximum Gasteiger partial charge on any atom is 0.336 e. The minimum Gasteiger partial charge on any atom is -0.466 e. The van der Waals surface area contributed by atoms with Crippen LogP contribution >= 0.6 is 0 Å². The van der Waals surface area contributed by atoms with E-state index < -0.39 is 11.6 Å². The van der Waals surface area contributed by atoms with E-state index in [1.165, 1.54) is 25.5 Å². The maximum absolute atomic E-state index is 11.6. The SMILES string of the molecule is C=C1CCC[C@]2(C)CC[C@@](O)(C(=C)C(=O)OC)C[C@@H]12. The molecule has 2 fully saturated rings. The number of aliphatic hydroxyl groups is 1. The third kappa shape index (κ3) is 2.36. The van der Waals surface area contributed by atoms with Gasteiger partial charge in [0, 0.05) is 0 Å². The number of esters is 1. The molecule has 3 heteroatoms. The summed E-state index contributed by atoms with van der Waals surface area (Å²) in [6.07, 6.45) is 5.43. The molecule has 2 aliphatic carbocycles. The predicted molar refractivity (Wildman–Crippen MR) is 74.5 cm³/mol. The number of ether oxygens (including phenoxy) is 1. The number of carbonyl (C=O) groups is 1. The molecule has 0 bridgehead atoms. The maximum atomic E-state index is 11.6. The van der Waals surface area contributed by atoms with Crippen LogP contribution in [0.15, 0.2) is 24.3 Å². The number of allylic oxidation sites excluding steroid dienone is 1. The molecule has 2 saturated carbocycles. The van der Waals surface area contributed by atoms with Crippen LogP contribution in [0.1, 0.15) is 45.4 Å². The molecule has 0 aliphatic heterocycles. The van der Waals surface area contributed by atoms with E-state index in [0.717, 1.165) is 12.8 Å². The van der Waals surface area contributed by atoms with Crippen LogP contribution in [0.3, 0.4) is 0 Å². The second kappa shape index (κ2) is 4.78. The number of hydrogen-bond acceptors (Lipinski definition) is 3. The number of carbonyl (C=O) groups excluding carboxylic acids is 1. The second-order valence-corrected chi connectivity index (χ2v) is 6.42. The Labute approximate surface area is 115 Å². The van der Waals surface area contributed by atoms with Crippen molar-refractivity contribution in [2.24, 2.45) is 11.3 Å². The van der Waals surface area contributed by atoms with E-state index in [-0.39, 0.29) is 16.9 Å². The van der Waals surface area contributed by atoms with Crippen LogP contribution in [-0.4, -0.2) is 23.8 Å². The minimum absolute atomic E-state index is 0.190. The summed E-state index contributed by atoms with van der Waals surface area (Å²) in [7, 11) is 1.32. The molecule has 0 saturated heterocycles. The number of fused-ring (bicyclic) bond motifs is 1. The van der Waals surface area contributed by atoms with Gasteiger partial charge < -0.3 is 9.84 Å². The van der Waals surface area contributed by atoms with Crippen LogP contribution in [0.4, 0.5) is 0 Å². The van der Waals surface area contributed by atoms with E-state index >= 15 is 0 Å². The molecule has 0 amide bonds. The lowest BCUT2D eigenvalue weighted by Gasteiger charge is -2.51. The summed E-state index contributed by atoms with van der Waals surface area (Å²) in [4.78, 5) is 11.6. The van der Waals surface area contributed by atoms with Crippen molar-refractivity contribution >= 4 is 5.97 Å². The zero-order valence-electron chi connectivity index (χ0n) is 12.0. The molecule has 0 aromatic rings. The zero-order chi connectivity index (χ0) is 14.3. The lowest BCUT2D eigenvalue weighted by atomic mass is 9.55. The van der Waals surface area contributed by atoms with E-state index in [0.29, 0.717) is 12.8 Å². The summed E-state index contributed by atoms with van der Waals surface area (Å²) < 4.78 is 4.70. The largest absolute Gasteiger partial charge is 0.466 e. The standard InChI is InChI=1S/C16H24O3/c1-11-6-5-7-15(3)8-9-16(18,10-13(11)15)12(2)14(17)19-4/h13,18H,1-2,5-10H2,3-4H3/t13-,15+,16-/m0/s1. The first kappa shape index (κ1) is 14.3. The number of rotatable bonds is 2. The van der Waals surface area contributed by atoms with Gasteiger partial charge in [0.25, 0.3) is 0 Å². The van der Waals surface area contributed by atoms with Gasteiger partial charge in [-0.25, -0.2) is 4.79 Å². The van der Waals surface area contributed by atoms with E-state index in [1.54, 1.807) is 0 Å². The lowest BCUT2D eigenvalue weighted by Crippen LogP contribution is -2.48. The molecule has 19 heavy (non-hydrogen) atoms. The van der Waals surface area contributed by atoms with E-state index in [1.807, 2.05) is 0 Å². The topological polar surface area (TPSA) is 46.5 Å². The second-order valence-electron chi connectivity index (χ2n) is 6.42. The number of hydrogen-bond donors (Lipinski definition) is 1. The number of methoxy groups -OCH3 is 1. The van der Waals surface area contributed by atoms with Crippen molar-refractivity contribution in [1.29, 1.82) is 0 Å². The zero-order valence-corrected chi connectivity index (χ0v) is 12.0. The van der Waals surface area contributed by atoms with Gasteiger partial charge in [0.15, 0.2) is 0 Å². The van der Waals surface area contributed by atoms with Crippen molar-refractivity contribution in [3.63, 3.8) is 0 Å². The highest BCUT2D eigenvalue weighted by molar-refractivity contribution is 5.89. The van der Waals surface area contributed by atoms with Gasteiger partial charge >= 0.3 is 5.97 Å². The molecular weight excluding hydrogens is 240 g/mol. The molecule has 1 N–H and O–H groups in total. The van der Waals surface area contributed by atoms with Crippen molar-refractivity contribution in [3.05, 3.63) is 24.3 Å². The molecule has 0 heterocycles. The molecule has 106 valence electrons. The molecule has 0 aromatic heterocycles. The molecule has 2 aliphatic rings. The van der Waals surface area contributed by atoms with Crippen molar-refractivity contribution < 1.29 is 14.6 Å². The monoisotopic (exact) mass is 264 g/mol. The van der Waals surface area contributed by atoms with Crippen LogP contribution in [0.2, 0.25) is 0 Å². The Morgan fingerprint density at radius 1 is 1.42 bits per heavy atom. The van der Waals surface area contributed by atoms with Gasteiger partial charge in [-0.15, -0.1) is 0 Å². The molecule has 0 radical (unpaired) electrons. The molecule has 3 nitrogen and oxygen atoms in total. The van der Waals surface area contributed by atoms with Gasteiger partial charge in [-0.05, 0) is 49.9 Å². The van der Waals surface area contributed by atoms with Crippen LogP contribution in [-0.2, 0) is 9.53 Å². The van der Waals surface area contributed by atoms with Crippen molar-refractivity contribution in [3.8, 4) is 0 Å². The Morgan fingerprint density at radius 2 is 2.11 bits per heavy atom. The molecule has 2 rings (SSSR count). The summed E-state index contributed by atoms with van der Waals surface area (Å²) in [5.41, 5.74) is 0.496. The molecule has 0 aromatic carbocycles. The fourth-order valence-electron chi connectivity index (χ4n) is 3.77. The summed E-state index contributed by atoms with van der Waals surface area (Å²) in [5.74, 6) is -0.228. The Kier molecular flexibility index (Phi) is 3.61. The average molecular weight is 264 g/mol. The van der Waals surface area contributed by atoms with Crippen molar-refractivity contribution in [1.82, 2.24) is 0 Å². The van der Waals surface area contributed by atoms with Gasteiger partial charge in [-0.3, -0.25) is 0 Å². The van der Waals surface area contributed by atoms with Crippen LogP contribution in [0.25, 0.3) is 0 Å². The van der Waals surface area contributed by atoms with E-state index in [9.17, 15) is 9.90 Å². The first-order valence-electron chi connectivity index (χ1n) is 7.00. The Morgan fingerprint density at radius 3 is 2.74 bits per heavy atom. The summed E-state index contributed by atoms with van der Waals surface area (Å²) in [6, 6.07) is 0. The van der Waals surface area contributed by atoms with Gasteiger partial charge in [0.2, 0.25) is 0 Å². The Hall–Kier alpha value is -1.09. The fourth-order valence-corrected chi connectivity index (χ4v) is 3.77. The molecule has 0 spiro atoms. The summed E-state index contributed by atoms with van der Waals surface area (Å²) in [6.45, 7) is 10.2. The summed E-state index contributed by atoms with van der Waals surface area (Å²) >= 11 is 0. The average Bonchev–Trinajstić information content (AvgIpc) is 2.39. The predicted octanol–water partition coefficient (Wildman–Crippen LogP) is 2.99. The van der Waals surface area contributed by atoms with Crippen LogP contribution in [0.5, 0.6) is 0 Å². The minimum atomic E-state index is -1.13.